The Morgan fingerprint density at radius 3 is 2.25 bits per heavy atom. The van der Waals surface area contributed by atoms with Gasteiger partial charge in [-0.3, -0.25) is 4.79 Å². The average molecular weight is 340 g/mol. The third kappa shape index (κ3) is 3.63. The number of ketones is 1. The molecular formula is C19H16O4S. The van der Waals surface area contributed by atoms with Crippen molar-refractivity contribution in [2.75, 3.05) is 12.9 Å². The van der Waals surface area contributed by atoms with Gasteiger partial charge in [0.25, 0.3) is 0 Å². The van der Waals surface area contributed by atoms with Crippen molar-refractivity contribution in [3.8, 4) is 5.75 Å². The Kier molecular flexibility index (Phi) is 4.36. The minimum atomic E-state index is -3.24. The fraction of sp³-hybridized carbons (Fsp3) is 0.105. The van der Waals surface area contributed by atoms with Gasteiger partial charge in [-0.1, -0.05) is 36.4 Å². The highest BCUT2D eigenvalue weighted by atomic mass is 32.2. The van der Waals surface area contributed by atoms with Gasteiger partial charge in [0.15, 0.2) is 22.2 Å². The SMILES string of the molecule is CS(=O)(=O)c1ccc(OCC(=O)c2ccc3ccccc3c2)cc1. The Labute approximate surface area is 140 Å². The molecule has 0 aliphatic heterocycles. The molecule has 4 nitrogen and oxygen atoms in total. The van der Waals surface area contributed by atoms with E-state index in [0.717, 1.165) is 17.0 Å². The van der Waals surface area contributed by atoms with Gasteiger partial charge in [0, 0.05) is 11.8 Å². The first-order chi connectivity index (χ1) is 11.4. The topological polar surface area (TPSA) is 60.4 Å². The second-order valence-corrected chi connectivity index (χ2v) is 7.53. The summed E-state index contributed by atoms with van der Waals surface area (Å²) < 4.78 is 28.3. The molecule has 0 heterocycles. The molecule has 0 bridgehead atoms. The van der Waals surface area contributed by atoms with E-state index >= 15 is 0 Å². The maximum Gasteiger partial charge on any atom is 0.200 e. The number of Topliss-reactive ketones (excluding diaryl/α,β-unsaturated/α-hetero) is 1. The summed E-state index contributed by atoms with van der Waals surface area (Å²) in [5.41, 5.74) is 0.585. The minimum absolute atomic E-state index is 0.101. The maximum atomic E-state index is 12.3. The quantitative estimate of drug-likeness (QED) is 0.667. The van der Waals surface area contributed by atoms with Gasteiger partial charge in [-0.25, -0.2) is 8.42 Å². The number of hydrogen-bond acceptors (Lipinski definition) is 4. The number of ether oxygens (including phenoxy) is 1. The third-order valence-corrected chi connectivity index (χ3v) is 4.82. The molecule has 0 atom stereocenters. The van der Waals surface area contributed by atoms with Gasteiger partial charge in [-0.05, 0) is 41.1 Å². The van der Waals surface area contributed by atoms with Crippen molar-refractivity contribution in [1.82, 2.24) is 0 Å². The largest absolute Gasteiger partial charge is 0.485 e. The predicted molar refractivity (Wildman–Crippen MR) is 93.3 cm³/mol. The first-order valence-electron chi connectivity index (χ1n) is 7.38. The number of hydrogen-bond donors (Lipinski definition) is 0. The van der Waals surface area contributed by atoms with E-state index in [0.29, 0.717) is 11.3 Å². The molecule has 0 spiro atoms. The van der Waals surface area contributed by atoms with Crippen molar-refractivity contribution < 1.29 is 17.9 Å². The number of rotatable bonds is 5. The Hall–Kier alpha value is -2.66. The molecule has 0 radical (unpaired) electrons. The monoisotopic (exact) mass is 340 g/mol. The molecule has 122 valence electrons. The summed E-state index contributed by atoms with van der Waals surface area (Å²) in [6, 6.07) is 19.4. The normalized spacial score (nSPS) is 11.4. The second kappa shape index (κ2) is 6.45. The molecule has 3 aromatic rings. The molecule has 0 aliphatic rings. The van der Waals surface area contributed by atoms with Crippen LogP contribution in [0.15, 0.2) is 71.6 Å². The predicted octanol–water partition coefficient (Wildman–Crippen LogP) is 3.51. The van der Waals surface area contributed by atoms with Crippen LogP contribution in [0.4, 0.5) is 0 Å². The van der Waals surface area contributed by atoms with Crippen LogP contribution in [0.5, 0.6) is 5.75 Å². The van der Waals surface area contributed by atoms with E-state index < -0.39 is 9.84 Å². The summed E-state index contributed by atoms with van der Waals surface area (Å²) in [6.45, 7) is -0.101. The summed E-state index contributed by atoms with van der Waals surface area (Å²) in [5, 5.41) is 2.08. The van der Waals surface area contributed by atoms with Crippen LogP contribution in [-0.4, -0.2) is 27.1 Å². The highest BCUT2D eigenvalue weighted by Crippen LogP contribution is 2.18. The van der Waals surface area contributed by atoms with Gasteiger partial charge in [-0.15, -0.1) is 0 Å². The van der Waals surface area contributed by atoms with Crippen LogP contribution < -0.4 is 4.74 Å². The number of carbonyl (C=O) groups excluding carboxylic acids is 1. The van der Waals surface area contributed by atoms with Gasteiger partial charge < -0.3 is 4.74 Å². The van der Waals surface area contributed by atoms with E-state index in [1.807, 2.05) is 36.4 Å². The molecule has 0 saturated carbocycles. The molecule has 0 N–H and O–H groups in total. The summed E-state index contributed by atoms with van der Waals surface area (Å²) in [7, 11) is -3.24. The number of benzene rings is 3. The molecule has 3 aromatic carbocycles. The lowest BCUT2D eigenvalue weighted by Gasteiger charge is -2.07. The number of carbonyl (C=O) groups is 1. The smallest absolute Gasteiger partial charge is 0.200 e. The molecule has 0 saturated heterocycles. The number of sulfone groups is 1. The molecule has 0 aromatic heterocycles. The van der Waals surface area contributed by atoms with E-state index in [4.69, 9.17) is 4.74 Å². The highest BCUT2D eigenvalue weighted by Gasteiger charge is 2.09. The lowest BCUT2D eigenvalue weighted by atomic mass is 10.0. The van der Waals surface area contributed by atoms with Crippen molar-refractivity contribution in [3.05, 3.63) is 72.3 Å². The van der Waals surface area contributed by atoms with E-state index in [1.54, 1.807) is 18.2 Å². The van der Waals surface area contributed by atoms with Crippen molar-refractivity contribution in [2.24, 2.45) is 0 Å². The van der Waals surface area contributed by atoms with Crippen LogP contribution >= 0.6 is 0 Å². The molecular weight excluding hydrogens is 324 g/mol. The molecule has 0 fully saturated rings. The van der Waals surface area contributed by atoms with Crippen LogP contribution in [-0.2, 0) is 9.84 Å². The van der Waals surface area contributed by atoms with Gasteiger partial charge >= 0.3 is 0 Å². The average Bonchev–Trinajstić information content (AvgIpc) is 2.59. The van der Waals surface area contributed by atoms with E-state index in [9.17, 15) is 13.2 Å². The summed E-state index contributed by atoms with van der Waals surface area (Å²) in [5.74, 6) is 0.324. The molecule has 0 amide bonds. The fourth-order valence-corrected chi connectivity index (χ4v) is 3.01. The third-order valence-electron chi connectivity index (χ3n) is 3.69. The van der Waals surface area contributed by atoms with Gasteiger partial charge in [0.05, 0.1) is 4.90 Å². The minimum Gasteiger partial charge on any atom is -0.485 e. The van der Waals surface area contributed by atoms with E-state index in [-0.39, 0.29) is 17.3 Å². The van der Waals surface area contributed by atoms with Crippen molar-refractivity contribution >= 4 is 26.4 Å². The van der Waals surface area contributed by atoms with Crippen LogP contribution in [0.25, 0.3) is 10.8 Å². The Morgan fingerprint density at radius 1 is 0.917 bits per heavy atom. The van der Waals surface area contributed by atoms with Crippen LogP contribution in [0.1, 0.15) is 10.4 Å². The molecule has 0 unspecified atom stereocenters. The van der Waals surface area contributed by atoms with Crippen LogP contribution in [0, 0.1) is 0 Å². The Morgan fingerprint density at radius 2 is 1.58 bits per heavy atom. The number of fused-ring (bicyclic) bond motifs is 1. The Balaban J connectivity index is 1.70. The molecule has 3 rings (SSSR count). The highest BCUT2D eigenvalue weighted by molar-refractivity contribution is 7.90. The zero-order chi connectivity index (χ0) is 17.2. The first kappa shape index (κ1) is 16.2. The van der Waals surface area contributed by atoms with E-state index in [1.165, 1.54) is 12.1 Å². The zero-order valence-corrected chi connectivity index (χ0v) is 13.9. The van der Waals surface area contributed by atoms with Gasteiger partial charge in [0.1, 0.15) is 5.75 Å². The lowest BCUT2D eigenvalue weighted by Crippen LogP contribution is -2.11. The molecule has 5 heteroatoms. The molecule has 24 heavy (non-hydrogen) atoms. The van der Waals surface area contributed by atoms with Crippen molar-refractivity contribution in [2.45, 2.75) is 4.90 Å². The van der Waals surface area contributed by atoms with Crippen LogP contribution in [0.2, 0.25) is 0 Å². The second-order valence-electron chi connectivity index (χ2n) is 5.52. The summed E-state index contributed by atoms with van der Waals surface area (Å²) in [6.07, 6.45) is 1.14. The summed E-state index contributed by atoms with van der Waals surface area (Å²) in [4.78, 5) is 12.5. The van der Waals surface area contributed by atoms with Crippen molar-refractivity contribution in [3.63, 3.8) is 0 Å². The zero-order valence-electron chi connectivity index (χ0n) is 13.1. The van der Waals surface area contributed by atoms with Crippen LogP contribution in [0.3, 0.4) is 0 Å². The maximum absolute atomic E-state index is 12.3. The van der Waals surface area contributed by atoms with E-state index in [2.05, 4.69) is 0 Å². The molecule has 0 aliphatic carbocycles. The standard InChI is InChI=1S/C19H16O4S/c1-24(21,22)18-10-8-17(9-11-18)23-13-19(20)16-7-6-14-4-2-3-5-15(14)12-16/h2-12H,13H2,1H3. The fourth-order valence-electron chi connectivity index (χ4n) is 2.38. The van der Waals surface area contributed by atoms with Crippen molar-refractivity contribution in [1.29, 1.82) is 0 Å². The Bertz CT molecular complexity index is 989. The first-order valence-corrected chi connectivity index (χ1v) is 9.27. The van der Waals surface area contributed by atoms with Gasteiger partial charge in [-0.2, -0.15) is 0 Å². The van der Waals surface area contributed by atoms with Gasteiger partial charge in [0.2, 0.25) is 0 Å². The summed E-state index contributed by atoms with van der Waals surface area (Å²) >= 11 is 0. The lowest BCUT2D eigenvalue weighted by molar-refractivity contribution is 0.0921.